The zero-order valence-corrected chi connectivity index (χ0v) is 16.0. The number of fused-ring (bicyclic) bond motifs is 1. The van der Waals surface area contributed by atoms with Gasteiger partial charge in [-0.1, -0.05) is 0 Å². The van der Waals surface area contributed by atoms with Crippen molar-refractivity contribution in [3.05, 3.63) is 41.4 Å². The molecule has 2 atom stereocenters. The van der Waals surface area contributed by atoms with Crippen molar-refractivity contribution in [3.63, 3.8) is 0 Å². The number of thioether (sulfide) groups is 1. The fourth-order valence-corrected chi connectivity index (χ4v) is 4.21. The van der Waals surface area contributed by atoms with Crippen LogP contribution in [-0.4, -0.2) is 64.1 Å². The molecule has 0 aromatic heterocycles. The number of amides is 2. The predicted molar refractivity (Wildman–Crippen MR) is 98.2 cm³/mol. The second kappa shape index (κ2) is 8.52. The van der Waals surface area contributed by atoms with E-state index in [-0.39, 0.29) is 24.7 Å². The SMILES string of the molecule is CC(=O)OCC1=C(C(=O)O)N2C(=O)C(NC(=O)COc3ccc(F)cc3)C2SC1. The highest BCUT2D eigenvalue weighted by molar-refractivity contribution is 8.00. The van der Waals surface area contributed by atoms with Gasteiger partial charge in [0.25, 0.3) is 11.8 Å². The topological polar surface area (TPSA) is 122 Å². The van der Waals surface area contributed by atoms with E-state index < -0.39 is 41.0 Å². The van der Waals surface area contributed by atoms with Crippen LogP contribution >= 0.6 is 11.8 Å². The van der Waals surface area contributed by atoms with E-state index in [9.17, 15) is 28.7 Å². The molecule has 0 aliphatic carbocycles. The maximum Gasteiger partial charge on any atom is 0.352 e. The van der Waals surface area contributed by atoms with Crippen LogP contribution in [0.25, 0.3) is 0 Å². The Balaban J connectivity index is 1.61. The molecule has 0 radical (unpaired) electrons. The lowest BCUT2D eigenvalue weighted by Crippen LogP contribution is -2.71. The van der Waals surface area contributed by atoms with E-state index in [1.807, 2.05) is 0 Å². The lowest BCUT2D eigenvalue weighted by Gasteiger charge is -2.49. The van der Waals surface area contributed by atoms with Crippen molar-refractivity contribution < 1.29 is 38.1 Å². The van der Waals surface area contributed by atoms with E-state index in [1.165, 1.54) is 43.0 Å². The fraction of sp³-hybridized carbons (Fsp3) is 0.333. The first-order chi connectivity index (χ1) is 13.8. The molecule has 29 heavy (non-hydrogen) atoms. The average Bonchev–Trinajstić information content (AvgIpc) is 2.69. The minimum Gasteiger partial charge on any atom is -0.484 e. The Morgan fingerprint density at radius 2 is 2.00 bits per heavy atom. The summed E-state index contributed by atoms with van der Waals surface area (Å²) in [5, 5.41) is 11.4. The highest BCUT2D eigenvalue weighted by Gasteiger charge is 2.54. The minimum absolute atomic E-state index is 0.219. The van der Waals surface area contributed by atoms with Crippen LogP contribution in [0.4, 0.5) is 4.39 Å². The van der Waals surface area contributed by atoms with Gasteiger partial charge in [-0.2, -0.15) is 0 Å². The molecule has 2 heterocycles. The molecular formula is C18H17FN2O7S. The Morgan fingerprint density at radius 3 is 2.62 bits per heavy atom. The standard InChI is InChI=1S/C18H17FN2O7S/c1-9(22)27-6-10-8-29-17-14(16(24)21(17)15(10)18(25)26)20-13(23)7-28-12-4-2-11(19)3-5-12/h2-5,14,17H,6-8H2,1H3,(H,20,23)(H,25,26). The monoisotopic (exact) mass is 424 g/mol. The van der Waals surface area contributed by atoms with Gasteiger partial charge in [-0.25, -0.2) is 9.18 Å². The molecule has 1 saturated heterocycles. The third-order valence-corrected chi connectivity index (χ3v) is 5.54. The van der Waals surface area contributed by atoms with Crippen LogP contribution in [0.1, 0.15) is 6.92 Å². The molecule has 2 aliphatic rings. The van der Waals surface area contributed by atoms with Crippen molar-refractivity contribution >= 4 is 35.5 Å². The Labute approximate surface area is 168 Å². The molecule has 0 bridgehead atoms. The van der Waals surface area contributed by atoms with Crippen molar-refractivity contribution in [1.82, 2.24) is 10.2 Å². The van der Waals surface area contributed by atoms with Crippen molar-refractivity contribution in [2.45, 2.75) is 18.3 Å². The molecule has 11 heteroatoms. The second-order valence-corrected chi connectivity index (χ2v) is 7.34. The molecule has 1 aromatic rings. The number of carbonyl (C=O) groups is 4. The third-order valence-electron chi connectivity index (χ3n) is 4.20. The van der Waals surface area contributed by atoms with E-state index in [0.717, 1.165) is 4.90 Å². The number of halogens is 1. The van der Waals surface area contributed by atoms with Crippen molar-refractivity contribution in [3.8, 4) is 5.75 Å². The molecule has 9 nitrogen and oxygen atoms in total. The van der Waals surface area contributed by atoms with Crippen molar-refractivity contribution in [2.75, 3.05) is 19.0 Å². The molecule has 1 aromatic carbocycles. The fourth-order valence-electron chi connectivity index (χ4n) is 2.88. The second-order valence-electron chi connectivity index (χ2n) is 6.24. The normalized spacial score (nSPS) is 20.5. The smallest absolute Gasteiger partial charge is 0.352 e. The number of nitrogens with zero attached hydrogens (tertiary/aromatic N) is 1. The van der Waals surface area contributed by atoms with Crippen LogP contribution in [0.2, 0.25) is 0 Å². The number of hydrogen-bond donors (Lipinski definition) is 2. The van der Waals surface area contributed by atoms with E-state index >= 15 is 0 Å². The molecule has 1 fully saturated rings. The highest BCUT2D eigenvalue weighted by Crippen LogP contribution is 2.40. The number of carboxylic acids is 1. The Kier molecular flexibility index (Phi) is 6.06. The summed E-state index contributed by atoms with van der Waals surface area (Å²) in [6, 6.07) is 4.21. The van der Waals surface area contributed by atoms with Crippen LogP contribution in [0.3, 0.4) is 0 Å². The quantitative estimate of drug-likeness (QED) is 0.480. The summed E-state index contributed by atoms with van der Waals surface area (Å²) in [7, 11) is 0. The largest absolute Gasteiger partial charge is 0.484 e. The molecule has 154 valence electrons. The Bertz CT molecular complexity index is 887. The number of benzene rings is 1. The molecular weight excluding hydrogens is 407 g/mol. The molecule has 3 rings (SSSR count). The maximum atomic E-state index is 12.9. The van der Waals surface area contributed by atoms with Crippen LogP contribution < -0.4 is 10.1 Å². The number of ether oxygens (including phenoxy) is 2. The molecule has 2 N–H and O–H groups in total. The summed E-state index contributed by atoms with van der Waals surface area (Å²) in [6.45, 7) is 0.600. The van der Waals surface area contributed by atoms with Gasteiger partial charge >= 0.3 is 11.9 Å². The van der Waals surface area contributed by atoms with E-state index in [0.29, 0.717) is 11.3 Å². The number of rotatable bonds is 7. The summed E-state index contributed by atoms with van der Waals surface area (Å²) < 4.78 is 23.0. The van der Waals surface area contributed by atoms with Gasteiger partial charge in [0.1, 0.15) is 35.3 Å². The number of esters is 1. The lowest BCUT2D eigenvalue weighted by atomic mass is 10.0. The summed E-state index contributed by atoms with van der Waals surface area (Å²) in [5.74, 6) is -2.92. The molecule has 2 amide bonds. The van der Waals surface area contributed by atoms with Gasteiger partial charge in [0.05, 0.1) is 0 Å². The van der Waals surface area contributed by atoms with Gasteiger partial charge in [0, 0.05) is 18.2 Å². The number of carboxylic acid groups (broad SMARTS) is 1. The zero-order valence-electron chi connectivity index (χ0n) is 15.2. The van der Waals surface area contributed by atoms with Gasteiger partial charge in [-0.15, -0.1) is 11.8 Å². The maximum absolute atomic E-state index is 12.9. The van der Waals surface area contributed by atoms with E-state index in [1.54, 1.807) is 0 Å². The van der Waals surface area contributed by atoms with Gasteiger partial charge in [-0.3, -0.25) is 19.3 Å². The summed E-state index contributed by atoms with van der Waals surface area (Å²) >= 11 is 1.26. The average molecular weight is 424 g/mol. The van der Waals surface area contributed by atoms with E-state index in [4.69, 9.17) is 9.47 Å². The first-order valence-electron chi connectivity index (χ1n) is 8.49. The van der Waals surface area contributed by atoms with Gasteiger partial charge in [-0.05, 0) is 24.3 Å². The van der Waals surface area contributed by atoms with Gasteiger partial charge in [0.2, 0.25) is 0 Å². The number of nitrogens with one attached hydrogen (secondary N) is 1. The lowest BCUT2D eigenvalue weighted by molar-refractivity contribution is -0.151. The van der Waals surface area contributed by atoms with Crippen LogP contribution in [0.5, 0.6) is 5.75 Å². The molecule has 2 aliphatic heterocycles. The number of β-lactam (4-membered cyclic amide) rings is 1. The van der Waals surface area contributed by atoms with Crippen molar-refractivity contribution in [1.29, 1.82) is 0 Å². The predicted octanol–water partition coefficient (Wildman–Crippen LogP) is 0.506. The summed E-state index contributed by atoms with van der Waals surface area (Å²) in [6.07, 6.45) is 0. The molecule has 2 unspecified atom stereocenters. The third kappa shape index (κ3) is 4.50. The number of carbonyl (C=O) groups excluding carboxylic acids is 3. The molecule has 0 saturated carbocycles. The summed E-state index contributed by atoms with van der Waals surface area (Å²) in [4.78, 5) is 48.2. The highest BCUT2D eigenvalue weighted by atomic mass is 32.2. The number of aliphatic carboxylic acids is 1. The van der Waals surface area contributed by atoms with Crippen LogP contribution in [0.15, 0.2) is 35.5 Å². The number of hydrogen-bond acceptors (Lipinski definition) is 7. The Hall–Kier alpha value is -3.08. The summed E-state index contributed by atoms with van der Waals surface area (Å²) in [5.41, 5.74) is 0.0831. The van der Waals surface area contributed by atoms with Gasteiger partial charge in [0.15, 0.2) is 6.61 Å². The van der Waals surface area contributed by atoms with Crippen molar-refractivity contribution in [2.24, 2.45) is 0 Å². The Morgan fingerprint density at radius 1 is 1.31 bits per heavy atom. The van der Waals surface area contributed by atoms with Crippen LogP contribution in [-0.2, 0) is 23.9 Å². The minimum atomic E-state index is -1.31. The first kappa shape index (κ1) is 20.6. The zero-order chi connectivity index (χ0) is 21.1. The molecule has 0 spiro atoms. The first-order valence-corrected chi connectivity index (χ1v) is 9.54. The van der Waals surface area contributed by atoms with Crippen LogP contribution in [0, 0.1) is 5.82 Å². The van der Waals surface area contributed by atoms with Gasteiger partial charge < -0.3 is 19.9 Å². The van der Waals surface area contributed by atoms with E-state index in [2.05, 4.69) is 5.32 Å².